The Morgan fingerprint density at radius 1 is 0.679 bits per heavy atom. The molecule has 0 unspecified atom stereocenters. The van der Waals surface area contributed by atoms with Crippen molar-refractivity contribution in [2.24, 2.45) is 5.41 Å². The zero-order valence-electron chi connectivity index (χ0n) is 28.8. The smallest absolute Gasteiger partial charge is 0.406 e. The van der Waals surface area contributed by atoms with Gasteiger partial charge in [0.2, 0.25) is 0 Å². The minimum atomic E-state index is -4.80. The summed E-state index contributed by atoms with van der Waals surface area (Å²) in [5.41, 5.74) is -0.753. The Morgan fingerprint density at radius 2 is 1.16 bits per heavy atom. The number of aromatic amines is 1. The molecule has 1 fully saturated rings. The standard InChI is InChI=1S/C21H18ClF3N2O4.C16H10ClF3N2O3/c1-20(11-30-12-20)10-27-17-8-14(22)4-7-16(17)18(28)26(19(27)29)9-13-2-5-15(6-3-13)31-21(23,24)25;17-10-3-6-12-13(7-10)21-15(24)22(14(12)23)8-9-1-4-11(5-2-9)25-16(18,19)20/h2-8H,9-12H2,1H3;1-7H,8H2,(H,21,24). The van der Waals surface area contributed by atoms with E-state index in [2.05, 4.69) is 14.5 Å². The van der Waals surface area contributed by atoms with Gasteiger partial charge in [-0.3, -0.25) is 23.3 Å². The number of hydrogen-bond acceptors (Lipinski definition) is 7. The zero-order chi connectivity index (χ0) is 40.6. The van der Waals surface area contributed by atoms with Crippen molar-refractivity contribution < 1.29 is 40.6 Å². The average molecular weight is 826 g/mol. The Labute approximate surface area is 320 Å². The first kappa shape index (κ1) is 40.2. The quantitative estimate of drug-likeness (QED) is 0.163. The van der Waals surface area contributed by atoms with Crippen molar-refractivity contribution in [3.63, 3.8) is 0 Å². The van der Waals surface area contributed by atoms with E-state index in [1.165, 1.54) is 47.0 Å². The van der Waals surface area contributed by atoms with Gasteiger partial charge in [0.05, 0.1) is 48.1 Å². The van der Waals surface area contributed by atoms with E-state index < -0.39 is 35.2 Å². The lowest BCUT2D eigenvalue weighted by molar-refractivity contribution is -0.275. The summed E-state index contributed by atoms with van der Waals surface area (Å²) in [6, 6.07) is 19.2. The van der Waals surface area contributed by atoms with Crippen molar-refractivity contribution in [2.45, 2.75) is 39.3 Å². The monoisotopic (exact) mass is 824 g/mol. The van der Waals surface area contributed by atoms with Gasteiger partial charge < -0.3 is 19.2 Å². The minimum absolute atomic E-state index is 0.0982. The Hall–Kier alpha value is -5.52. The Morgan fingerprint density at radius 3 is 1.66 bits per heavy atom. The van der Waals surface area contributed by atoms with Crippen LogP contribution >= 0.6 is 23.2 Å². The van der Waals surface area contributed by atoms with E-state index in [9.17, 15) is 45.5 Å². The predicted molar refractivity (Wildman–Crippen MR) is 195 cm³/mol. The van der Waals surface area contributed by atoms with Crippen molar-refractivity contribution in [1.29, 1.82) is 0 Å². The summed E-state index contributed by atoms with van der Waals surface area (Å²) in [5.74, 6) is -0.766. The molecule has 3 heterocycles. The predicted octanol–water partition coefficient (Wildman–Crippen LogP) is 7.09. The van der Waals surface area contributed by atoms with Crippen LogP contribution in [-0.2, 0) is 24.4 Å². The molecule has 6 aromatic rings. The van der Waals surface area contributed by atoms with Crippen molar-refractivity contribution in [2.75, 3.05) is 13.2 Å². The van der Waals surface area contributed by atoms with Crippen molar-refractivity contribution in [3.05, 3.63) is 148 Å². The SMILES string of the molecule is CC1(Cn2c(=O)n(Cc3ccc(OC(F)(F)F)cc3)c(=O)c3ccc(Cl)cc32)COC1.O=c1[nH]c2cc(Cl)ccc2c(=O)n1Cc1ccc(OC(F)(F)F)cc1. The highest BCUT2D eigenvalue weighted by Crippen LogP contribution is 2.30. The van der Waals surface area contributed by atoms with Crippen molar-refractivity contribution in [3.8, 4) is 11.5 Å². The van der Waals surface area contributed by atoms with Crippen LogP contribution in [0.4, 0.5) is 26.3 Å². The van der Waals surface area contributed by atoms with E-state index in [0.29, 0.717) is 57.4 Å². The molecule has 2 aromatic heterocycles. The number of aromatic nitrogens is 4. The van der Waals surface area contributed by atoms with Gasteiger partial charge in [-0.1, -0.05) is 54.4 Å². The van der Waals surface area contributed by atoms with E-state index in [0.717, 1.165) is 33.4 Å². The van der Waals surface area contributed by atoms with Crippen molar-refractivity contribution in [1.82, 2.24) is 18.7 Å². The number of benzene rings is 4. The first-order valence-electron chi connectivity index (χ1n) is 16.4. The van der Waals surface area contributed by atoms with E-state index in [1.807, 2.05) is 6.92 Å². The highest BCUT2D eigenvalue weighted by molar-refractivity contribution is 6.31. The fourth-order valence-corrected chi connectivity index (χ4v) is 6.27. The third-order valence-corrected chi connectivity index (χ3v) is 9.04. The van der Waals surface area contributed by atoms with Crippen LogP contribution in [0.3, 0.4) is 0 Å². The molecule has 0 amide bonds. The maximum absolute atomic E-state index is 13.3. The second kappa shape index (κ2) is 15.5. The van der Waals surface area contributed by atoms with Crippen LogP contribution in [0.1, 0.15) is 18.1 Å². The lowest BCUT2D eigenvalue weighted by atomic mass is 9.88. The topological polar surface area (TPSA) is 127 Å². The third kappa shape index (κ3) is 9.46. The van der Waals surface area contributed by atoms with Gasteiger partial charge in [0, 0.05) is 22.0 Å². The summed E-state index contributed by atoms with van der Waals surface area (Å²) in [7, 11) is 0. The first-order valence-corrected chi connectivity index (χ1v) is 17.2. The number of nitrogens with zero attached hydrogens (tertiary/aromatic N) is 3. The van der Waals surface area contributed by atoms with Crippen LogP contribution in [0.15, 0.2) is 104 Å². The number of alkyl halides is 6. The Balaban J connectivity index is 0.000000194. The fourth-order valence-electron chi connectivity index (χ4n) is 5.93. The molecule has 56 heavy (non-hydrogen) atoms. The number of hydrogen-bond donors (Lipinski definition) is 1. The summed E-state index contributed by atoms with van der Waals surface area (Å²) < 4.78 is 90.0. The summed E-state index contributed by atoms with van der Waals surface area (Å²) in [4.78, 5) is 53.4. The molecule has 0 aliphatic carbocycles. The molecular weight excluding hydrogens is 797 g/mol. The average Bonchev–Trinajstić information content (AvgIpc) is 3.10. The van der Waals surface area contributed by atoms with Gasteiger partial charge >= 0.3 is 24.1 Å². The molecule has 1 aliphatic rings. The zero-order valence-corrected chi connectivity index (χ0v) is 30.4. The number of rotatable bonds is 8. The fraction of sp³-hybridized carbons (Fsp3) is 0.243. The van der Waals surface area contributed by atoms with Gasteiger partial charge in [-0.25, -0.2) is 9.59 Å². The number of H-pyrrole nitrogens is 1. The largest absolute Gasteiger partial charge is 0.573 e. The highest BCUT2D eigenvalue weighted by Gasteiger charge is 2.35. The van der Waals surface area contributed by atoms with Gasteiger partial charge in [-0.2, -0.15) is 0 Å². The van der Waals surface area contributed by atoms with Gasteiger partial charge in [0.25, 0.3) is 11.1 Å². The lowest BCUT2D eigenvalue weighted by Gasteiger charge is -2.38. The van der Waals surface area contributed by atoms with Crippen LogP contribution in [0, 0.1) is 5.41 Å². The number of fused-ring (bicyclic) bond motifs is 2. The molecule has 1 saturated heterocycles. The van der Waals surface area contributed by atoms with E-state index in [1.54, 1.807) is 18.2 Å². The number of halogens is 8. The molecule has 11 nitrogen and oxygen atoms in total. The van der Waals surface area contributed by atoms with Gasteiger partial charge in [0.15, 0.2) is 0 Å². The highest BCUT2D eigenvalue weighted by atomic mass is 35.5. The van der Waals surface area contributed by atoms with Crippen molar-refractivity contribution >= 4 is 45.0 Å². The van der Waals surface area contributed by atoms with Crippen LogP contribution < -0.4 is 32.0 Å². The van der Waals surface area contributed by atoms with E-state index in [-0.39, 0.29) is 35.4 Å². The number of ether oxygens (including phenoxy) is 3. The van der Waals surface area contributed by atoms with Crippen LogP contribution in [0.5, 0.6) is 11.5 Å². The normalized spacial score (nSPS) is 13.9. The van der Waals surface area contributed by atoms with E-state index >= 15 is 0 Å². The molecule has 4 aromatic carbocycles. The van der Waals surface area contributed by atoms with Crippen LogP contribution in [0.2, 0.25) is 10.0 Å². The molecule has 19 heteroatoms. The van der Waals surface area contributed by atoms with E-state index in [4.69, 9.17) is 27.9 Å². The molecule has 1 N–H and O–H groups in total. The second-order valence-corrected chi connectivity index (χ2v) is 14.0. The van der Waals surface area contributed by atoms with Gasteiger partial charge in [-0.15, -0.1) is 26.3 Å². The molecule has 294 valence electrons. The molecule has 0 saturated carbocycles. The van der Waals surface area contributed by atoms with Gasteiger partial charge in [-0.05, 0) is 71.8 Å². The maximum Gasteiger partial charge on any atom is 0.573 e. The molecule has 1 aliphatic heterocycles. The maximum atomic E-state index is 13.3. The Kier molecular flexibility index (Phi) is 11.1. The molecular formula is C37H28Cl2F6N4O7. The van der Waals surface area contributed by atoms with Crippen LogP contribution in [-0.4, -0.2) is 44.6 Å². The first-order chi connectivity index (χ1) is 26.3. The summed E-state index contributed by atoms with van der Waals surface area (Å²) >= 11 is 11.9. The third-order valence-electron chi connectivity index (χ3n) is 8.57. The Bertz CT molecular complexity index is 2650. The van der Waals surface area contributed by atoms with Crippen LogP contribution in [0.25, 0.3) is 21.8 Å². The molecule has 0 radical (unpaired) electrons. The molecule has 0 bridgehead atoms. The molecule has 0 spiro atoms. The number of nitrogens with one attached hydrogen (secondary N) is 1. The summed E-state index contributed by atoms with van der Waals surface area (Å²) in [6.07, 6.45) is -9.58. The minimum Gasteiger partial charge on any atom is -0.406 e. The summed E-state index contributed by atoms with van der Waals surface area (Å²) in [6.45, 7) is 3.09. The summed E-state index contributed by atoms with van der Waals surface area (Å²) in [5, 5.41) is 1.37. The molecule has 7 rings (SSSR count). The second-order valence-electron chi connectivity index (χ2n) is 13.1. The molecule has 0 atom stereocenters. The lowest BCUT2D eigenvalue weighted by Crippen LogP contribution is -2.48. The van der Waals surface area contributed by atoms with Gasteiger partial charge in [0.1, 0.15) is 11.5 Å².